The molecule has 3 aliphatic rings. The Morgan fingerprint density at radius 3 is 2.41 bits per heavy atom. The first-order chi connectivity index (χ1) is 14.0. The van der Waals surface area contributed by atoms with E-state index in [4.69, 9.17) is 0 Å². The van der Waals surface area contributed by atoms with Gasteiger partial charge < -0.3 is 14.9 Å². The number of benzene rings is 2. The van der Waals surface area contributed by atoms with Crippen LogP contribution in [0.4, 0.5) is 0 Å². The summed E-state index contributed by atoms with van der Waals surface area (Å²) in [6, 6.07) is 11.2. The van der Waals surface area contributed by atoms with Crippen LogP contribution in [-0.2, 0) is 4.79 Å². The summed E-state index contributed by atoms with van der Waals surface area (Å²) in [5.74, 6) is 1.43. The number of carbonyl (C=O) groups is 2. The zero-order valence-corrected chi connectivity index (χ0v) is 16.8. The van der Waals surface area contributed by atoms with E-state index in [0.29, 0.717) is 36.5 Å². The van der Waals surface area contributed by atoms with Crippen molar-refractivity contribution in [2.75, 3.05) is 39.3 Å². The van der Waals surface area contributed by atoms with Gasteiger partial charge in [0.25, 0.3) is 5.91 Å². The van der Waals surface area contributed by atoms with Crippen LogP contribution in [0.15, 0.2) is 36.4 Å². The minimum absolute atomic E-state index is 0.0501. The number of carbonyl (C=O) groups excluding carboxylic acids is 2. The van der Waals surface area contributed by atoms with E-state index >= 15 is 0 Å². The van der Waals surface area contributed by atoms with E-state index in [1.165, 1.54) is 0 Å². The first kappa shape index (κ1) is 18.4. The fraction of sp³-hybridized carbons (Fsp3) is 0.478. The Balaban J connectivity index is 1.18. The summed E-state index contributed by atoms with van der Waals surface area (Å²) in [4.78, 5) is 31.7. The van der Waals surface area contributed by atoms with Crippen LogP contribution in [0.3, 0.4) is 0 Å². The average Bonchev–Trinajstić information content (AvgIpc) is 3.43. The Morgan fingerprint density at radius 1 is 1.00 bits per heavy atom. The van der Waals surface area contributed by atoms with Crippen LogP contribution < -0.4 is 0 Å². The average molecular weight is 393 g/mol. The number of phenols is 1. The molecule has 2 heterocycles. The second-order valence-corrected chi connectivity index (χ2v) is 8.76. The number of hydrogen-bond donors (Lipinski definition) is 1. The number of amides is 2. The van der Waals surface area contributed by atoms with Crippen molar-refractivity contribution in [3.05, 3.63) is 42.0 Å². The molecule has 3 fully saturated rings. The summed E-state index contributed by atoms with van der Waals surface area (Å²) in [6.45, 7) is 6.93. The number of nitrogens with zero attached hydrogens (tertiary/aromatic N) is 3. The van der Waals surface area contributed by atoms with Gasteiger partial charge in [-0.1, -0.05) is 19.1 Å². The van der Waals surface area contributed by atoms with Gasteiger partial charge in [-0.25, -0.2) is 0 Å². The van der Waals surface area contributed by atoms with Crippen molar-refractivity contribution in [2.45, 2.75) is 19.4 Å². The van der Waals surface area contributed by atoms with Crippen LogP contribution >= 0.6 is 0 Å². The summed E-state index contributed by atoms with van der Waals surface area (Å²) in [5, 5.41) is 11.4. The second-order valence-electron chi connectivity index (χ2n) is 8.76. The number of likely N-dealkylation sites (tertiary alicyclic amines) is 1. The maximum Gasteiger partial charge on any atom is 0.254 e. The molecular formula is C23H27N3O3. The lowest BCUT2D eigenvalue weighted by molar-refractivity contribution is -0.140. The number of piperazine rings is 1. The van der Waals surface area contributed by atoms with E-state index in [0.717, 1.165) is 43.4 Å². The minimum Gasteiger partial charge on any atom is -0.508 e. The molecule has 5 rings (SSSR count). The van der Waals surface area contributed by atoms with E-state index in [-0.39, 0.29) is 17.6 Å². The number of phenolic OH excluding ortho intramolecular Hbond substituents is 1. The van der Waals surface area contributed by atoms with Crippen molar-refractivity contribution in [1.29, 1.82) is 0 Å². The topological polar surface area (TPSA) is 64.1 Å². The smallest absolute Gasteiger partial charge is 0.254 e. The fourth-order valence-electron chi connectivity index (χ4n) is 4.68. The van der Waals surface area contributed by atoms with Crippen molar-refractivity contribution in [2.24, 2.45) is 11.8 Å². The number of hydrogen-bond acceptors (Lipinski definition) is 4. The molecule has 6 nitrogen and oxygen atoms in total. The summed E-state index contributed by atoms with van der Waals surface area (Å²) in [5.41, 5.74) is 0.690. The third kappa shape index (κ3) is 3.35. The Kier molecular flexibility index (Phi) is 4.46. The molecule has 29 heavy (non-hydrogen) atoms. The van der Waals surface area contributed by atoms with E-state index < -0.39 is 0 Å². The van der Waals surface area contributed by atoms with Gasteiger partial charge in [0.1, 0.15) is 5.75 Å². The van der Waals surface area contributed by atoms with Crippen molar-refractivity contribution in [3.63, 3.8) is 0 Å². The Morgan fingerprint density at radius 2 is 1.72 bits per heavy atom. The van der Waals surface area contributed by atoms with Gasteiger partial charge in [-0.15, -0.1) is 0 Å². The first-order valence-electron chi connectivity index (χ1n) is 10.5. The van der Waals surface area contributed by atoms with Gasteiger partial charge in [0.15, 0.2) is 0 Å². The minimum atomic E-state index is 0.0501. The quantitative estimate of drug-likeness (QED) is 0.868. The van der Waals surface area contributed by atoms with Crippen LogP contribution in [0.5, 0.6) is 5.75 Å². The zero-order valence-electron chi connectivity index (χ0n) is 16.8. The van der Waals surface area contributed by atoms with Crippen LogP contribution in [-0.4, -0.2) is 76.9 Å². The van der Waals surface area contributed by atoms with Gasteiger partial charge in [0.2, 0.25) is 5.91 Å². The van der Waals surface area contributed by atoms with Crippen molar-refractivity contribution in [1.82, 2.24) is 14.7 Å². The normalized spacial score (nSPS) is 25.1. The van der Waals surface area contributed by atoms with Gasteiger partial charge in [-0.3, -0.25) is 14.5 Å². The van der Waals surface area contributed by atoms with Crippen molar-refractivity contribution >= 4 is 22.6 Å². The molecular weight excluding hydrogens is 366 g/mol. The Labute approximate surface area is 170 Å². The number of rotatable bonds is 3. The number of aromatic hydroxyl groups is 1. The first-order valence-corrected chi connectivity index (χ1v) is 10.5. The van der Waals surface area contributed by atoms with E-state index in [9.17, 15) is 14.7 Å². The monoisotopic (exact) mass is 393 g/mol. The molecule has 0 unspecified atom stereocenters. The van der Waals surface area contributed by atoms with Gasteiger partial charge in [0, 0.05) is 56.8 Å². The molecule has 1 aliphatic carbocycles. The molecule has 2 atom stereocenters. The highest BCUT2D eigenvalue weighted by Crippen LogP contribution is 2.40. The van der Waals surface area contributed by atoms with Crippen LogP contribution in [0, 0.1) is 11.8 Å². The Hall–Kier alpha value is -2.60. The maximum atomic E-state index is 13.1. The predicted molar refractivity (Wildman–Crippen MR) is 111 cm³/mol. The third-order valence-corrected chi connectivity index (χ3v) is 6.81. The lowest BCUT2D eigenvalue weighted by atomic mass is 10.0. The van der Waals surface area contributed by atoms with E-state index in [2.05, 4.69) is 11.8 Å². The standard InChI is InChI=1S/C23H27N3O3/c1-15-11-21(15)23(29)26-13-17(14-26)24-7-9-25(10-8-24)22(28)20-4-2-3-16-12-18(27)5-6-19(16)20/h2-6,12,15,17,21,27H,7-11,13-14H2,1H3/t15-,21-/m0/s1. The Bertz CT molecular complexity index is 961. The van der Waals surface area contributed by atoms with Gasteiger partial charge >= 0.3 is 0 Å². The van der Waals surface area contributed by atoms with Gasteiger partial charge in [-0.2, -0.15) is 0 Å². The molecule has 1 saturated carbocycles. The summed E-state index contributed by atoms with van der Waals surface area (Å²) < 4.78 is 0. The number of fused-ring (bicyclic) bond motifs is 1. The molecule has 1 N–H and O–H groups in total. The summed E-state index contributed by atoms with van der Waals surface area (Å²) >= 11 is 0. The highest BCUT2D eigenvalue weighted by atomic mass is 16.3. The molecule has 0 radical (unpaired) electrons. The molecule has 152 valence electrons. The highest BCUT2D eigenvalue weighted by Gasteiger charge is 2.45. The zero-order chi connectivity index (χ0) is 20.1. The van der Waals surface area contributed by atoms with Gasteiger partial charge in [-0.05, 0) is 47.4 Å². The van der Waals surface area contributed by atoms with Crippen molar-refractivity contribution in [3.8, 4) is 5.75 Å². The fourth-order valence-corrected chi connectivity index (χ4v) is 4.68. The molecule has 6 heteroatoms. The van der Waals surface area contributed by atoms with E-state index in [1.54, 1.807) is 12.1 Å². The second kappa shape index (κ2) is 7.02. The van der Waals surface area contributed by atoms with E-state index in [1.807, 2.05) is 34.1 Å². The molecule has 2 aromatic rings. The molecule has 0 bridgehead atoms. The largest absolute Gasteiger partial charge is 0.508 e. The molecule has 0 spiro atoms. The highest BCUT2D eigenvalue weighted by molar-refractivity contribution is 6.07. The molecule has 2 saturated heterocycles. The van der Waals surface area contributed by atoms with Crippen LogP contribution in [0.1, 0.15) is 23.7 Å². The molecule has 0 aromatic heterocycles. The summed E-state index contributed by atoms with van der Waals surface area (Å²) in [6.07, 6.45) is 1.05. The lowest BCUT2D eigenvalue weighted by Crippen LogP contribution is -2.64. The predicted octanol–water partition coefficient (Wildman–Crippen LogP) is 2.17. The van der Waals surface area contributed by atoms with Crippen LogP contribution in [0.2, 0.25) is 0 Å². The maximum absolute atomic E-state index is 13.1. The van der Waals surface area contributed by atoms with Crippen LogP contribution in [0.25, 0.3) is 10.8 Å². The van der Waals surface area contributed by atoms with Crippen molar-refractivity contribution < 1.29 is 14.7 Å². The molecule has 2 aromatic carbocycles. The third-order valence-electron chi connectivity index (χ3n) is 6.81. The van der Waals surface area contributed by atoms with Gasteiger partial charge in [0.05, 0.1) is 0 Å². The summed E-state index contributed by atoms with van der Waals surface area (Å²) in [7, 11) is 0. The molecule has 2 aliphatic heterocycles. The SMILES string of the molecule is C[C@H]1C[C@@H]1C(=O)N1CC(N2CCN(C(=O)c3cccc4cc(O)ccc34)CC2)C1. The molecule has 2 amide bonds. The lowest BCUT2D eigenvalue weighted by Gasteiger charge is -2.48.